The maximum Gasteiger partial charge on any atom is 0.306 e. The van der Waals surface area contributed by atoms with E-state index >= 15 is 0 Å². The van der Waals surface area contributed by atoms with Gasteiger partial charge < -0.3 is 24.5 Å². The minimum Gasteiger partial charge on any atom is -0.485 e. The Bertz CT molecular complexity index is 1060. The number of benzene rings is 1. The van der Waals surface area contributed by atoms with E-state index < -0.39 is 0 Å². The monoisotopic (exact) mass is 470 g/mol. The Kier molecular flexibility index (Phi) is 9.13. The van der Waals surface area contributed by atoms with Gasteiger partial charge >= 0.3 is 11.9 Å². The van der Waals surface area contributed by atoms with Gasteiger partial charge in [-0.1, -0.05) is 30.3 Å². The van der Waals surface area contributed by atoms with Crippen molar-refractivity contribution in [1.82, 2.24) is 15.0 Å². The van der Waals surface area contributed by atoms with Crippen molar-refractivity contribution in [3.63, 3.8) is 0 Å². The van der Waals surface area contributed by atoms with Crippen LogP contribution in [0, 0.1) is 0 Å². The number of imidazole rings is 1. The number of pyridine rings is 1. The van der Waals surface area contributed by atoms with Gasteiger partial charge in [0, 0.05) is 22.5 Å². The average molecular weight is 471 g/mol. The predicted octanol–water partition coefficient (Wildman–Crippen LogP) is 3.89. The number of esters is 2. The number of aromatic amines is 1. The first-order chi connectivity index (χ1) is 16.1. The molecule has 2 heterocycles. The molecule has 0 radical (unpaired) electrons. The number of carbonyl (C=O) groups is 2. The molecule has 0 aliphatic carbocycles. The number of anilines is 2. The van der Waals surface area contributed by atoms with E-state index in [9.17, 15) is 9.59 Å². The first-order valence-corrected chi connectivity index (χ1v) is 11.3. The number of aromatic nitrogens is 3. The van der Waals surface area contributed by atoms with Gasteiger partial charge in [-0.3, -0.25) is 9.59 Å². The van der Waals surface area contributed by atoms with Crippen LogP contribution in [0.3, 0.4) is 0 Å². The lowest BCUT2D eigenvalue weighted by atomic mass is 10.2. The number of nitrogens with zero attached hydrogens (tertiary/aromatic N) is 2. The lowest BCUT2D eigenvalue weighted by Gasteiger charge is -2.13. The molecular formula is C23H26N4O5S. The molecule has 0 spiro atoms. The first-order valence-electron chi connectivity index (χ1n) is 10.3. The second kappa shape index (κ2) is 12.5. The maximum atomic E-state index is 11.4. The second-order valence-electron chi connectivity index (χ2n) is 6.92. The summed E-state index contributed by atoms with van der Waals surface area (Å²) in [6, 6.07) is 11.7. The van der Waals surface area contributed by atoms with Crippen molar-refractivity contribution in [1.29, 1.82) is 0 Å². The van der Waals surface area contributed by atoms with Crippen molar-refractivity contribution < 1.29 is 23.8 Å². The van der Waals surface area contributed by atoms with E-state index in [4.69, 9.17) is 4.74 Å². The van der Waals surface area contributed by atoms with Crippen molar-refractivity contribution in [2.75, 3.05) is 25.3 Å². The summed E-state index contributed by atoms with van der Waals surface area (Å²) in [6.07, 6.45) is 4.43. The standard InChI is InChI=1S/C23H26N4O5S/c1-30-20(28)9-8-17-13-25-23(26-17)27-22-19(32-15-16-6-4-3-5-7-16)12-18(14-24-22)33-11-10-21(29)31-2/h3-7,12-14H,8-11,15H2,1-2H3,(H2,24,25,26,27). The summed E-state index contributed by atoms with van der Waals surface area (Å²) in [6.45, 7) is 0.371. The van der Waals surface area contributed by atoms with E-state index in [1.54, 1.807) is 12.4 Å². The number of hydrogen-bond acceptors (Lipinski definition) is 9. The molecule has 0 amide bonds. The Labute approximate surface area is 196 Å². The van der Waals surface area contributed by atoms with Crippen LogP contribution >= 0.6 is 11.8 Å². The Hall–Kier alpha value is -3.53. The summed E-state index contributed by atoms with van der Waals surface area (Å²) in [5.74, 6) is 1.57. The molecule has 2 aromatic heterocycles. The fourth-order valence-corrected chi connectivity index (χ4v) is 3.62. The van der Waals surface area contributed by atoms with Crippen molar-refractivity contribution in [3.8, 4) is 5.75 Å². The normalized spacial score (nSPS) is 10.5. The van der Waals surface area contributed by atoms with E-state index in [0.717, 1.165) is 16.2 Å². The van der Waals surface area contributed by atoms with Crippen LogP contribution < -0.4 is 10.1 Å². The summed E-state index contributed by atoms with van der Waals surface area (Å²) in [5.41, 5.74) is 1.82. The zero-order valence-corrected chi connectivity index (χ0v) is 19.3. The van der Waals surface area contributed by atoms with E-state index in [0.29, 0.717) is 42.7 Å². The molecule has 9 nitrogen and oxygen atoms in total. The van der Waals surface area contributed by atoms with Crippen molar-refractivity contribution in [3.05, 3.63) is 60.0 Å². The third-order valence-electron chi connectivity index (χ3n) is 4.56. The van der Waals surface area contributed by atoms with Crippen molar-refractivity contribution in [2.24, 2.45) is 0 Å². The molecule has 33 heavy (non-hydrogen) atoms. The van der Waals surface area contributed by atoms with Crippen LogP contribution in [0.5, 0.6) is 5.75 Å². The van der Waals surface area contributed by atoms with Crippen LogP contribution in [0.25, 0.3) is 0 Å². The minimum atomic E-state index is -0.280. The lowest BCUT2D eigenvalue weighted by molar-refractivity contribution is -0.141. The molecule has 3 aromatic rings. The zero-order chi connectivity index (χ0) is 23.5. The molecule has 2 N–H and O–H groups in total. The molecule has 3 rings (SSSR count). The third kappa shape index (κ3) is 7.83. The quantitative estimate of drug-likeness (QED) is 0.300. The summed E-state index contributed by atoms with van der Waals surface area (Å²) >= 11 is 1.49. The van der Waals surface area contributed by atoms with Crippen LogP contribution in [0.15, 0.2) is 53.7 Å². The van der Waals surface area contributed by atoms with Gasteiger partial charge in [-0.2, -0.15) is 0 Å². The predicted molar refractivity (Wildman–Crippen MR) is 125 cm³/mol. The van der Waals surface area contributed by atoms with Crippen LogP contribution in [0.2, 0.25) is 0 Å². The highest BCUT2D eigenvalue weighted by Gasteiger charge is 2.12. The Morgan fingerprint density at radius 1 is 1.03 bits per heavy atom. The number of H-pyrrole nitrogens is 1. The molecule has 0 saturated heterocycles. The van der Waals surface area contributed by atoms with Gasteiger partial charge in [0.2, 0.25) is 5.95 Å². The van der Waals surface area contributed by atoms with E-state index in [1.807, 2.05) is 36.4 Å². The van der Waals surface area contributed by atoms with Crippen LogP contribution in [0.1, 0.15) is 24.1 Å². The zero-order valence-electron chi connectivity index (χ0n) is 18.5. The number of methoxy groups -OCH3 is 2. The SMILES string of the molecule is COC(=O)CCSc1cnc(Nc2ncc(CCC(=O)OC)[nH]2)c(OCc2ccccc2)c1. The first kappa shape index (κ1) is 24.1. The molecule has 174 valence electrons. The van der Waals surface area contributed by atoms with E-state index in [2.05, 4.69) is 29.7 Å². The van der Waals surface area contributed by atoms with Gasteiger partial charge in [0.05, 0.1) is 33.3 Å². The van der Waals surface area contributed by atoms with E-state index in [1.165, 1.54) is 26.0 Å². The summed E-state index contributed by atoms with van der Waals surface area (Å²) < 4.78 is 15.4. The number of rotatable bonds is 12. The Morgan fingerprint density at radius 3 is 2.55 bits per heavy atom. The number of thioether (sulfide) groups is 1. The summed E-state index contributed by atoms with van der Waals surface area (Å²) in [4.78, 5) is 35.5. The smallest absolute Gasteiger partial charge is 0.306 e. The molecule has 0 aliphatic rings. The average Bonchev–Trinajstić information content (AvgIpc) is 3.30. The Morgan fingerprint density at radius 2 is 1.79 bits per heavy atom. The van der Waals surface area contributed by atoms with E-state index in [-0.39, 0.29) is 18.4 Å². The Balaban J connectivity index is 1.71. The van der Waals surface area contributed by atoms with Gasteiger partial charge in [-0.15, -0.1) is 11.8 Å². The number of aryl methyl sites for hydroxylation is 1. The van der Waals surface area contributed by atoms with Crippen LogP contribution in [0.4, 0.5) is 11.8 Å². The number of ether oxygens (including phenoxy) is 3. The van der Waals surface area contributed by atoms with Gasteiger partial charge in [0.25, 0.3) is 0 Å². The lowest BCUT2D eigenvalue weighted by Crippen LogP contribution is -2.04. The highest BCUT2D eigenvalue weighted by molar-refractivity contribution is 7.99. The summed E-state index contributed by atoms with van der Waals surface area (Å²) in [5, 5.41) is 3.14. The van der Waals surface area contributed by atoms with Crippen molar-refractivity contribution >= 4 is 35.5 Å². The van der Waals surface area contributed by atoms with Gasteiger partial charge in [0.1, 0.15) is 6.61 Å². The fraction of sp³-hybridized carbons (Fsp3) is 0.304. The van der Waals surface area contributed by atoms with Gasteiger partial charge in [-0.05, 0) is 18.1 Å². The second-order valence-corrected chi connectivity index (χ2v) is 8.09. The molecule has 0 fully saturated rings. The molecule has 10 heteroatoms. The molecule has 0 aliphatic heterocycles. The molecule has 0 bridgehead atoms. The van der Waals surface area contributed by atoms with Crippen LogP contribution in [-0.4, -0.2) is 46.9 Å². The molecule has 0 unspecified atom stereocenters. The maximum absolute atomic E-state index is 11.4. The summed E-state index contributed by atoms with van der Waals surface area (Å²) in [7, 11) is 2.74. The molecule has 1 aromatic carbocycles. The van der Waals surface area contributed by atoms with Gasteiger partial charge in [0.15, 0.2) is 11.6 Å². The number of hydrogen-bond donors (Lipinski definition) is 2. The number of carbonyl (C=O) groups excluding carboxylic acids is 2. The molecular weight excluding hydrogens is 444 g/mol. The topological polar surface area (TPSA) is 115 Å². The highest BCUT2D eigenvalue weighted by Crippen LogP contribution is 2.31. The number of nitrogens with one attached hydrogen (secondary N) is 2. The molecule has 0 saturated carbocycles. The van der Waals surface area contributed by atoms with Gasteiger partial charge in [-0.25, -0.2) is 9.97 Å². The molecule has 0 atom stereocenters. The van der Waals surface area contributed by atoms with Crippen molar-refractivity contribution in [2.45, 2.75) is 30.8 Å². The fourth-order valence-electron chi connectivity index (χ4n) is 2.80. The minimum absolute atomic E-state index is 0.255. The third-order valence-corrected chi connectivity index (χ3v) is 5.52. The highest BCUT2D eigenvalue weighted by atomic mass is 32.2. The van der Waals surface area contributed by atoms with Crippen LogP contribution in [-0.2, 0) is 32.1 Å². The largest absolute Gasteiger partial charge is 0.485 e.